The van der Waals surface area contributed by atoms with Gasteiger partial charge in [0.15, 0.2) is 6.61 Å². The lowest BCUT2D eigenvalue weighted by Gasteiger charge is -2.11. The molecule has 0 aliphatic carbocycles. The molecule has 0 bridgehead atoms. The Morgan fingerprint density at radius 1 is 1.36 bits per heavy atom. The Morgan fingerprint density at radius 3 is 2.91 bits per heavy atom. The number of benzene rings is 1. The second kappa shape index (κ2) is 7.36. The Kier molecular flexibility index (Phi) is 5.25. The van der Waals surface area contributed by atoms with Crippen molar-refractivity contribution in [2.45, 2.75) is 20.8 Å². The molecule has 22 heavy (non-hydrogen) atoms. The van der Waals surface area contributed by atoms with Crippen molar-refractivity contribution in [1.29, 1.82) is 0 Å². The average Bonchev–Trinajstić information content (AvgIpc) is 2.50. The molecule has 114 valence electrons. The summed E-state index contributed by atoms with van der Waals surface area (Å²) in [7, 11) is 0. The van der Waals surface area contributed by atoms with E-state index in [1.165, 1.54) is 6.21 Å². The van der Waals surface area contributed by atoms with E-state index in [-0.39, 0.29) is 12.5 Å². The summed E-state index contributed by atoms with van der Waals surface area (Å²) in [6, 6.07) is 7.65. The zero-order valence-corrected chi connectivity index (χ0v) is 13.0. The highest BCUT2D eigenvalue weighted by atomic mass is 16.5. The lowest BCUT2D eigenvalue weighted by Crippen LogP contribution is -2.24. The topological polar surface area (TPSA) is 63.6 Å². The van der Waals surface area contributed by atoms with Crippen molar-refractivity contribution in [3.63, 3.8) is 0 Å². The maximum atomic E-state index is 11.7. The molecule has 5 heteroatoms. The van der Waals surface area contributed by atoms with Crippen molar-refractivity contribution < 1.29 is 9.53 Å². The van der Waals surface area contributed by atoms with Gasteiger partial charge < -0.3 is 4.74 Å². The van der Waals surface area contributed by atoms with Gasteiger partial charge in [0, 0.05) is 18.0 Å². The van der Waals surface area contributed by atoms with Gasteiger partial charge in [0.05, 0.1) is 6.21 Å². The van der Waals surface area contributed by atoms with Gasteiger partial charge in [0.2, 0.25) is 0 Å². The van der Waals surface area contributed by atoms with Gasteiger partial charge in [-0.25, -0.2) is 5.43 Å². The normalized spacial score (nSPS) is 10.7. The van der Waals surface area contributed by atoms with Crippen LogP contribution in [-0.4, -0.2) is 23.7 Å². The van der Waals surface area contributed by atoms with E-state index < -0.39 is 0 Å². The Morgan fingerprint density at radius 2 is 2.18 bits per heavy atom. The molecule has 5 nitrogen and oxygen atoms in total. The summed E-state index contributed by atoms with van der Waals surface area (Å²) < 4.78 is 5.56. The monoisotopic (exact) mass is 297 g/mol. The summed E-state index contributed by atoms with van der Waals surface area (Å²) in [5.41, 5.74) is 6.53. The van der Waals surface area contributed by atoms with Gasteiger partial charge in [-0.2, -0.15) is 5.10 Å². The van der Waals surface area contributed by atoms with Crippen LogP contribution in [0.3, 0.4) is 0 Å². The van der Waals surface area contributed by atoms with Gasteiger partial charge >= 0.3 is 0 Å². The highest BCUT2D eigenvalue weighted by Gasteiger charge is 2.06. The molecule has 0 aliphatic heterocycles. The molecule has 2 rings (SSSR count). The largest absolute Gasteiger partial charge is 0.483 e. The third-order valence-electron chi connectivity index (χ3n) is 3.21. The molecule has 0 fully saturated rings. The molecular formula is C17H19N3O2. The van der Waals surface area contributed by atoms with E-state index in [9.17, 15) is 4.79 Å². The van der Waals surface area contributed by atoms with E-state index >= 15 is 0 Å². The predicted molar refractivity (Wildman–Crippen MR) is 86.1 cm³/mol. The van der Waals surface area contributed by atoms with E-state index in [0.717, 1.165) is 28.0 Å². The lowest BCUT2D eigenvalue weighted by atomic mass is 10.1. The fourth-order valence-electron chi connectivity index (χ4n) is 1.96. The Hall–Kier alpha value is -2.69. The van der Waals surface area contributed by atoms with E-state index in [0.29, 0.717) is 0 Å². The third-order valence-corrected chi connectivity index (χ3v) is 3.21. The number of nitrogens with zero attached hydrogens (tertiary/aromatic N) is 2. The second-order valence-corrected chi connectivity index (χ2v) is 5.07. The molecule has 0 atom stereocenters. The number of rotatable bonds is 5. The number of carbonyl (C=O) groups is 1. The molecular weight excluding hydrogens is 278 g/mol. The highest BCUT2D eigenvalue weighted by Crippen LogP contribution is 2.23. The molecule has 1 aromatic carbocycles. The molecule has 0 radical (unpaired) electrons. The first kappa shape index (κ1) is 15.7. The van der Waals surface area contributed by atoms with Crippen molar-refractivity contribution in [3.8, 4) is 5.75 Å². The molecule has 0 spiro atoms. The van der Waals surface area contributed by atoms with Gasteiger partial charge in [-0.05, 0) is 49.6 Å². The molecule has 2 aromatic rings. The van der Waals surface area contributed by atoms with E-state index in [1.807, 2.05) is 32.9 Å². The summed E-state index contributed by atoms with van der Waals surface area (Å²) in [5.74, 6) is 0.419. The SMILES string of the molecule is Cc1cc(C)c(C)c(OCC(=O)N/N=C/c2cccnc2)c1. The van der Waals surface area contributed by atoms with Crippen LogP contribution < -0.4 is 10.2 Å². The zero-order valence-electron chi connectivity index (χ0n) is 13.0. The molecule has 1 amide bonds. The lowest BCUT2D eigenvalue weighted by molar-refractivity contribution is -0.123. The molecule has 0 unspecified atom stereocenters. The van der Waals surface area contributed by atoms with Crippen LogP contribution in [0, 0.1) is 20.8 Å². The summed E-state index contributed by atoms with van der Waals surface area (Å²) in [5, 5.41) is 3.87. The fraction of sp³-hybridized carbons (Fsp3) is 0.235. The standard InChI is InChI=1S/C17H19N3O2/c1-12-7-13(2)14(3)16(8-12)22-11-17(21)20-19-10-15-5-4-6-18-9-15/h4-10H,11H2,1-3H3,(H,20,21)/b19-10+. The molecule has 0 saturated heterocycles. The van der Waals surface area contributed by atoms with Crippen molar-refractivity contribution in [2.24, 2.45) is 5.10 Å². The van der Waals surface area contributed by atoms with Crippen LogP contribution in [0.1, 0.15) is 22.3 Å². The first-order valence-corrected chi connectivity index (χ1v) is 6.99. The Labute approximate surface area is 130 Å². The van der Waals surface area contributed by atoms with Gasteiger partial charge in [-0.15, -0.1) is 0 Å². The average molecular weight is 297 g/mol. The van der Waals surface area contributed by atoms with Gasteiger partial charge in [0.1, 0.15) is 5.75 Å². The molecule has 0 aliphatic rings. The smallest absolute Gasteiger partial charge is 0.277 e. The van der Waals surface area contributed by atoms with Crippen LogP contribution in [0.4, 0.5) is 0 Å². The van der Waals surface area contributed by atoms with Crippen LogP contribution in [0.2, 0.25) is 0 Å². The van der Waals surface area contributed by atoms with Crippen molar-refractivity contribution in [3.05, 3.63) is 58.9 Å². The van der Waals surface area contributed by atoms with E-state index in [2.05, 4.69) is 21.6 Å². The fourth-order valence-corrected chi connectivity index (χ4v) is 1.96. The Balaban J connectivity index is 1.87. The van der Waals surface area contributed by atoms with Crippen LogP contribution in [-0.2, 0) is 4.79 Å². The van der Waals surface area contributed by atoms with E-state index in [4.69, 9.17) is 4.74 Å². The second-order valence-electron chi connectivity index (χ2n) is 5.07. The van der Waals surface area contributed by atoms with Crippen molar-refractivity contribution in [2.75, 3.05) is 6.61 Å². The number of hydrogen-bond acceptors (Lipinski definition) is 4. The van der Waals surface area contributed by atoms with Crippen molar-refractivity contribution in [1.82, 2.24) is 10.4 Å². The minimum Gasteiger partial charge on any atom is -0.483 e. The van der Waals surface area contributed by atoms with Gasteiger partial charge in [-0.3, -0.25) is 9.78 Å². The van der Waals surface area contributed by atoms with Crippen LogP contribution >= 0.6 is 0 Å². The summed E-state index contributed by atoms with van der Waals surface area (Å²) >= 11 is 0. The predicted octanol–water partition coefficient (Wildman–Crippen LogP) is 2.54. The quantitative estimate of drug-likeness (QED) is 0.681. The first-order chi connectivity index (χ1) is 10.6. The number of aromatic nitrogens is 1. The number of hydrogen-bond donors (Lipinski definition) is 1. The van der Waals surface area contributed by atoms with Gasteiger partial charge in [-0.1, -0.05) is 12.1 Å². The molecule has 0 saturated carbocycles. The minimum absolute atomic E-state index is 0.0753. The Bertz CT molecular complexity index is 682. The van der Waals surface area contributed by atoms with Gasteiger partial charge in [0.25, 0.3) is 5.91 Å². The number of nitrogens with one attached hydrogen (secondary N) is 1. The summed E-state index contributed by atoms with van der Waals surface area (Å²) in [6.45, 7) is 5.92. The summed E-state index contributed by atoms with van der Waals surface area (Å²) in [6.07, 6.45) is 4.87. The number of ether oxygens (including phenoxy) is 1. The first-order valence-electron chi connectivity index (χ1n) is 6.99. The third kappa shape index (κ3) is 4.41. The molecule has 1 N–H and O–H groups in total. The number of amides is 1. The molecule has 1 aromatic heterocycles. The van der Waals surface area contributed by atoms with Crippen LogP contribution in [0.5, 0.6) is 5.75 Å². The number of pyridine rings is 1. The number of aryl methyl sites for hydroxylation is 2. The molecule has 1 heterocycles. The van der Waals surface area contributed by atoms with E-state index in [1.54, 1.807) is 18.5 Å². The maximum Gasteiger partial charge on any atom is 0.277 e. The number of hydrazone groups is 1. The van der Waals surface area contributed by atoms with Crippen LogP contribution in [0.25, 0.3) is 0 Å². The number of carbonyl (C=O) groups excluding carboxylic acids is 1. The van der Waals surface area contributed by atoms with Crippen molar-refractivity contribution >= 4 is 12.1 Å². The summed E-state index contributed by atoms with van der Waals surface area (Å²) in [4.78, 5) is 15.7. The maximum absolute atomic E-state index is 11.7. The minimum atomic E-state index is -0.307. The highest BCUT2D eigenvalue weighted by molar-refractivity contribution is 5.82. The zero-order chi connectivity index (χ0) is 15.9. The van der Waals surface area contributed by atoms with Crippen LogP contribution in [0.15, 0.2) is 41.8 Å².